The van der Waals surface area contributed by atoms with E-state index in [1.165, 1.54) is 14.2 Å². The van der Waals surface area contributed by atoms with E-state index >= 15 is 0 Å². The van der Waals surface area contributed by atoms with Crippen molar-refractivity contribution < 1.29 is 19.7 Å². The fourth-order valence-electron chi connectivity index (χ4n) is 1.03. The molecule has 0 bridgehead atoms. The van der Waals surface area contributed by atoms with Crippen LogP contribution in [-0.2, 0) is 0 Å². The summed E-state index contributed by atoms with van der Waals surface area (Å²) in [6, 6.07) is 4.77. The zero-order valence-corrected chi connectivity index (χ0v) is 7.52. The average Bonchev–Trinajstić information content (AvgIpc) is 2.16. The predicted octanol–water partition coefficient (Wildman–Crippen LogP) is 0.687. The highest BCUT2D eigenvalue weighted by molar-refractivity contribution is 5.41. The molecule has 2 N–H and O–H groups in total. The molecule has 4 nitrogen and oxygen atoms in total. The van der Waals surface area contributed by atoms with E-state index in [0.29, 0.717) is 17.1 Å². The Morgan fingerprint density at radius 1 is 1.15 bits per heavy atom. The second kappa shape index (κ2) is 4.11. The Morgan fingerprint density at radius 2 is 1.85 bits per heavy atom. The summed E-state index contributed by atoms with van der Waals surface area (Å²) in [5.74, 6) is 1.01. The SMILES string of the molecule is COc1ccc(C(O)O)c(OC)c1. The molecule has 1 aromatic carbocycles. The molecule has 0 saturated heterocycles. The molecule has 0 aliphatic rings. The van der Waals surface area contributed by atoms with E-state index < -0.39 is 6.29 Å². The molecule has 0 aliphatic heterocycles. The topological polar surface area (TPSA) is 58.9 Å². The summed E-state index contributed by atoms with van der Waals surface area (Å²) < 4.78 is 9.90. The third-order valence-corrected chi connectivity index (χ3v) is 1.72. The molecule has 0 aliphatic carbocycles. The van der Waals surface area contributed by atoms with Gasteiger partial charge >= 0.3 is 0 Å². The van der Waals surface area contributed by atoms with Crippen LogP contribution in [0.5, 0.6) is 11.5 Å². The minimum atomic E-state index is -1.53. The van der Waals surface area contributed by atoms with Crippen molar-refractivity contribution in [3.63, 3.8) is 0 Å². The zero-order chi connectivity index (χ0) is 9.84. The number of ether oxygens (including phenoxy) is 2. The molecular weight excluding hydrogens is 172 g/mol. The van der Waals surface area contributed by atoms with Crippen molar-refractivity contribution >= 4 is 0 Å². The maximum absolute atomic E-state index is 8.93. The van der Waals surface area contributed by atoms with Crippen molar-refractivity contribution in [2.24, 2.45) is 0 Å². The molecular formula is C9H12O4. The summed E-state index contributed by atoms with van der Waals surface area (Å²) >= 11 is 0. The molecule has 0 amide bonds. The highest BCUT2D eigenvalue weighted by Gasteiger charge is 2.10. The maximum atomic E-state index is 8.93. The first-order chi connectivity index (χ1) is 6.19. The zero-order valence-electron chi connectivity index (χ0n) is 7.52. The van der Waals surface area contributed by atoms with Crippen LogP contribution in [0.3, 0.4) is 0 Å². The first kappa shape index (κ1) is 9.83. The summed E-state index contributed by atoms with van der Waals surface area (Å²) in [7, 11) is 2.99. The standard InChI is InChI=1S/C9H12O4/c1-12-6-3-4-7(9(10)11)8(5-6)13-2/h3-5,9-11H,1-2H3. The molecule has 0 radical (unpaired) electrons. The lowest BCUT2D eigenvalue weighted by Gasteiger charge is -2.11. The van der Waals surface area contributed by atoms with Gasteiger partial charge in [0.1, 0.15) is 11.5 Å². The van der Waals surface area contributed by atoms with E-state index in [0.717, 1.165) is 0 Å². The van der Waals surface area contributed by atoms with E-state index in [9.17, 15) is 0 Å². The minimum Gasteiger partial charge on any atom is -0.497 e. The number of hydrogen-bond donors (Lipinski definition) is 2. The average molecular weight is 184 g/mol. The molecule has 72 valence electrons. The van der Waals surface area contributed by atoms with Gasteiger partial charge in [0.25, 0.3) is 0 Å². The quantitative estimate of drug-likeness (QED) is 0.678. The van der Waals surface area contributed by atoms with Crippen molar-refractivity contribution in [2.75, 3.05) is 14.2 Å². The van der Waals surface area contributed by atoms with Crippen LogP contribution < -0.4 is 9.47 Å². The van der Waals surface area contributed by atoms with Crippen LogP contribution in [0.15, 0.2) is 18.2 Å². The molecule has 0 saturated carbocycles. The second-order valence-corrected chi connectivity index (χ2v) is 2.48. The minimum absolute atomic E-state index is 0.323. The molecule has 1 rings (SSSR count). The normalized spacial score (nSPS) is 10.2. The van der Waals surface area contributed by atoms with Crippen LogP contribution in [0.2, 0.25) is 0 Å². The monoisotopic (exact) mass is 184 g/mol. The third-order valence-electron chi connectivity index (χ3n) is 1.72. The molecule has 13 heavy (non-hydrogen) atoms. The Kier molecular flexibility index (Phi) is 3.11. The van der Waals surface area contributed by atoms with Gasteiger partial charge in [0.05, 0.1) is 14.2 Å². The molecule has 0 atom stereocenters. The highest BCUT2D eigenvalue weighted by Crippen LogP contribution is 2.27. The fourth-order valence-corrected chi connectivity index (χ4v) is 1.03. The van der Waals surface area contributed by atoms with Crippen LogP contribution >= 0.6 is 0 Å². The van der Waals surface area contributed by atoms with Gasteiger partial charge in [-0.05, 0) is 12.1 Å². The predicted molar refractivity (Wildman–Crippen MR) is 46.7 cm³/mol. The van der Waals surface area contributed by atoms with Crippen molar-refractivity contribution in [1.29, 1.82) is 0 Å². The number of hydrogen-bond acceptors (Lipinski definition) is 4. The van der Waals surface area contributed by atoms with Crippen molar-refractivity contribution in [3.8, 4) is 11.5 Å². The Labute approximate surface area is 76.3 Å². The van der Waals surface area contributed by atoms with Gasteiger partial charge in [-0.3, -0.25) is 0 Å². The number of aliphatic hydroxyl groups is 2. The Hall–Kier alpha value is -1.26. The molecule has 1 aromatic rings. The van der Waals surface area contributed by atoms with Gasteiger partial charge < -0.3 is 19.7 Å². The lowest BCUT2D eigenvalue weighted by Crippen LogP contribution is -1.99. The summed E-state index contributed by atoms with van der Waals surface area (Å²) in [5, 5.41) is 17.9. The number of benzene rings is 1. The molecule has 0 aromatic heterocycles. The summed E-state index contributed by atoms with van der Waals surface area (Å²) in [5.41, 5.74) is 0.323. The summed E-state index contributed by atoms with van der Waals surface area (Å²) in [6.07, 6.45) is -1.53. The van der Waals surface area contributed by atoms with Crippen LogP contribution in [0, 0.1) is 0 Å². The molecule has 0 spiro atoms. The van der Waals surface area contributed by atoms with Crippen LogP contribution in [0.4, 0.5) is 0 Å². The molecule has 0 heterocycles. The lowest BCUT2D eigenvalue weighted by molar-refractivity contribution is -0.0439. The molecule has 4 heteroatoms. The van der Waals surface area contributed by atoms with Gasteiger partial charge in [0.2, 0.25) is 0 Å². The smallest absolute Gasteiger partial charge is 0.182 e. The fraction of sp³-hybridized carbons (Fsp3) is 0.333. The van der Waals surface area contributed by atoms with Gasteiger partial charge in [-0.25, -0.2) is 0 Å². The van der Waals surface area contributed by atoms with Crippen LogP contribution in [0.25, 0.3) is 0 Å². The number of rotatable bonds is 3. The van der Waals surface area contributed by atoms with Gasteiger partial charge in [0, 0.05) is 11.6 Å². The summed E-state index contributed by atoms with van der Waals surface area (Å²) in [6.45, 7) is 0. The van der Waals surface area contributed by atoms with E-state index in [2.05, 4.69) is 0 Å². The van der Waals surface area contributed by atoms with E-state index in [1.807, 2.05) is 0 Å². The van der Waals surface area contributed by atoms with Crippen LogP contribution in [-0.4, -0.2) is 24.4 Å². The Bertz CT molecular complexity index is 283. The number of aliphatic hydroxyl groups excluding tert-OH is 1. The first-order valence-corrected chi connectivity index (χ1v) is 3.77. The highest BCUT2D eigenvalue weighted by atomic mass is 16.5. The molecule has 0 unspecified atom stereocenters. The van der Waals surface area contributed by atoms with Crippen molar-refractivity contribution in [3.05, 3.63) is 23.8 Å². The Morgan fingerprint density at radius 3 is 2.31 bits per heavy atom. The largest absolute Gasteiger partial charge is 0.497 e. The first-order valence-electron chi connectivity index (χ1n) is 3.77. The van der Waals surface area contributed by atoms with E-state index in [4.69, 9.17) is 19.7 Å². The third kappa shape index (κ3) is 2.11. The molecule has 0 fully saturated rings. The summed E-state index contributed by atoms with van der Waals surface area (Å²) in [4.78, 5) is 0. The van der Waals surface area contributed by atoms with Crippen molar-refractivity contribution in [2.45, 2.75) is 6.29 Å². The number of methoxy groups -OCH3 is 2. The van der Waals surface area contributed by atoms with E-state index in [-0.39, 0.29) is 0 Å². The second-order valence-electron chi connectivity index (χ2n) is 2.48. The lowest BCUT2D eigenvalue weighted by atomic mass is 10.2. The maximum Gasteiger partial charge on any atom is 0.182 e. The van der Waals surface area contributed by atoms with Gasteiger partial charge in [-0.2, -0.15) is 0 Å². The van der Waals surface area contributed by atoms with Crippen molar-refractivity contribution in [1.82, 2.24) is 0 Å². The van der Waals surface area contributed by atoms with Gasteiger partial charge in [-0.1, -0.05) is 0 Å². The van der Waals surface area contributed by atoms with Gasteiger partial charge in [0.15, 0.2) is 6.29 Å². The van der Waals surface area contributed by atoms with E-state index in [1.54, 1.807) is 18.2 Å². The Balaban J connectivity index is 3.08. The van der Waals surface area contributed by atoms with Crippen LogP contribution in [0.1, 0.15) is 11.9 Å². The van der Waals surface area contributed by atoms with Gasteiger partial charge in [-0.15, -0.1) is 0 Å².